The van der Waals surface area contributed by atoms with Crippen molar-refractivity contribution in [2.75, 3.05) is 0 Å². The Labute approximate surface area is 99.3 Å². The molecule has 1 saturated carbocycles. The monoisotopic (exact) mass is 220 g/mol. The highest BCUT2D eigenvalue weighted by Gasteiger charge is 2.59. The van der Waals surface area contributed by atoms with Crippen molar-refractivity contribution in [2.24, 2.45) is 17.3 Å². The smallest absolute Gasteiger partial charge is 0.0616 e. The highest BCUT2D eigenvalue weighted by molar-refractivity contribution is 5.22. The minimum atomic E-state index is -0.154. The van der Waals surface area contributed by atoms with Crippen LogP contribution < -0.4 is 0 Å². The minimum absolute atomic E-state index is 0.154. The summed E-state index contributed by atoms with van der Waals surface area (Å²) >= 11 is 0. The van der Waals surface area contributed by atoms with Crippen molar-refractivity contribution in [2.45, 2.75) is 53.1 Å². The SMILES string of the molecule is C/C1=C\[C@H]2[C@H]([C@@H](O)C/C(C)=C/CC1)C2(C)C. The van der Waals surface area contributed by atoms with Gasteiger partial charge in [-0.15, -0.1) is 0 Å². The predicted octanol–water partition coefficient (Wildman–Crippen LogP) is 3.70. The fourth-order valence-corrected chi connectivity index (χ4v) is 3.25. The molecule has 1 nitrogen and oxygen atoms in total. The van der Waals surface area contributed by atoms with Crippen LogP contribution in [0.15, 0.2) is 23.3 Å². The van der Waals surface area contributed by atoms with Gasteiger partial charge in [-0.3, -0.25) is 0 Å². The summed E-state index contributed by atoms with van der Waals surface area (Å²) in [6, 6.07) is 0. The van der Waals surface area contributed by atoms with Crippen LogP contribution in [0, 0.1) is 17.3 Å². The second-order valence-corrected chi connectivity index (χ2v) is 6.25. The van der Waals surface area contributed by atoms with Gasteiger partial charge >= 0.3 is 0 Å². The summed E-state index contributed by atoms with van der Waals surface area (Å²) in [6.07, 6.45) is 7.69. The molecule has 1 N–H and O–H groups in total. The third kappa shape index (κ3) is 2.10. The van der Waals surface area contributed by atoms with E-state index in [4.69, 9.17) is 0 Å². The Morgan fingerprint density at radius 1 is 1.25 bits per heavy atom. The number of aliphatic hydroxyl groups excluding tert-OH is 1. The number of aliphatic hydroxyl groups is 1. The summed E-state index contributed by atoms with van der Waals surface area (Å²) in [6.45, 7) is 8.94. The Kier molecular flexibility index (Phi) is 3.00. The highest BCUT2D eigenvalue weighted by atomic mass is 16.3. The summed E-state index contributed by atoms with van der Waals surface area (Å²) in [7, 11) is 0. The lowest BCUT2D eigenvalue weighted by Crippen LogP contribution is -2.14. The van der Waals surface area contributed by atoms with Crippen LogP contribution in [0.4, 0.5) is 0 Å². The van der Waals surface area contributed by atoms with Crippen LogP contribution in [0.25, 0.3) is 0 Å². The first-order valence-corrected chi connectivity index (χ1v) is 6.44. The van der Waals surface area contributed by atoms with Gasteiger partial charge < -0.3 is 5.11 Å². The zero-order chi connectivity index (χ0) is 11.9. The molecular weight excluding hydrogens is 196 g/mol. The Morgan fingerprint density at radius 2 is 1.94 bits per heavy atom. The van der Waals surface area contributed by atoms with Gasteiger partial charge in [0.2, 0.25) is 0 Å². The topological polar surface area (TPSA) is 20.2 Å². The quantitative estimate of drug-likeness (QED) is 0.617. The molecule has 0 aliphatic heterocycles. The van der Waals surface area contributed by atoms with Crippen LogP contribution in [0.2, 0.25) is 0 Å². The first kappa shape index (κ1) is 11.9. The van der Waals surface area contributed by atoms with E-state index in [9.17, 15) is 5.11 Å². The van der Waals surface area contributed by atoms with Gasteiger partial charge in [0.15, 0.2) is 0 Å². The third-order valence-corrected chi connectivity index (χ3v) is 4.44. The zero-order valence-corrected chi connectivity index (χ0v) is 11.0. The van der Waals surface area contributed by atoms with Crippen molar-refractivity contribution in [3.05, 3.63) is 23.3 Å². The van der Waals surface area contributed by atoms with Crippen LogP contribution in [0.5, 0.6) is 0 Å². The largest absolute Gasteiger partial charge is 0.392 e. The van der Waals surface area contributed by atoms with Crippen molar-refractivity contribution < 1.29 is 5.11 Å². The lowest BCUT2D eigenvalue weighted by Gasteiger charge is -2.13. The van der Waals surface area contributed by atoms with Crippen molar-refractivity contribution in [1.29, 1.82) is 0 Å². The molecule has 90 valence electrons. The van der Waals surface area contributed by atoms with Gasteiger partial charge in [-0.25, -0.2) is 0 Å². The summed E-state index contributed by atoms with van der Waals surface area (Å²) in [5.41, 5.74) is 3.13. The molecule has 1 fully saturated rings. The maximum absolute atomic E-state index is 10.3. The Bertz CT molecular complexity index is 335. The van der Waals surface area contributed by atoms with Crippen LogP contribution >= 0.6 is 0 Å². The van der Waals surface area contributed by atoms with Crippen molar-refractivity contribution in [3.8, 4) is 0 Å². The van der Waals surface area contributed by atoms with E-state index in [1.807, 2.05) is 0 Å². The summed E-state index contributed by atoms with van der Waals surface area (Å²) in [4.78, 5) is 0. The number of hydrogen-bond acceptors (Lipinski definition) is 1. The molecule has 0 radical (unpaired) electrons. The molecule has 2 aliphatic carbocycles. The van der Waals surface area contributed by atoms with Gasteiger partial charge in [0, 0.05) is 0 Å². The fraction of sp³-hybridized carbons (Fsp3) is 0.733. The minimum Gasteiger partial charge on any atom is -0.392 e. The lowest BCUT2D eigenvalue weighted by molar-refractivity contribution is 0.135. The van der Waals surface area contributed by atoms with E-state index in [2.05, 4.69) is 39.8 Å². The first-order valence-electron chi connectivity index (χ1n) is 6.44. The van der Waals surface area contributed by atoms with Crippen molar-refractivity contribution in [1.82, 2.24) is 0 Å². The molecule has 0 aromatic heterocycles. The fourth-order valence-electron chi connectivity index (χ4n) is 3.25. The van der Waals surface area contributed by atoms with Gasteiger partial charge in [-0.1, -0.05) is 37.1 Å². The predicted molar refractivity (Wildman–Crippen MR) is 68.1 cm³/mol. The summed E-state index contributed by atoms with van der Waals surface area (Å²) in [5, 5.41) is 10.3. The van der Waals surface area contributed by atoms with E-state index < -0.39 is 0 Å². The molecule has 0 amide bonds. The Morgan fingerprint density at radius 3 is 2.62 bits per heavy atom. The Balaban J connectivity index is 2.22. The maximum Gasteiger partial charge on any atom is 0.0616 e. The molecule has 2 rings (SSSR count). The van der Waals surface area contributed by atoms with E-state index in [1.54, 1.807) is 0 Å². The average molecular weight is 220 g/mol. The van der Waals surface area contributed by atoms with Crippen molar-refractivity contribution >= 4 is 0 Å². The molecule has 2 aliphatic rings. The van der Waals surface area contributed by atoms with Gasteiger partial charge in [0.25, 0.3) is 0 Å². The Hall–Kier alpha value is -0.560. The number of hydrogen-bond donors (Lipinski definition) is 1. The normalized spacial score (nSPS) is 44.7. The standard InChI is InChI=1S/C15H24O/c1-10-6-5-7-11(2)9-13(16)14-12(8-10)15(14,3)4/h7-8,12-14,16H,5-6,9H2,1-4H3/b10-8+,11-7+/t12-,13-,14+/m0/s1. The van der Waals surface area contributed by atoms with E-state index in [-0.39, 0.29) is 6.10 Å². The van der Waals surface area contributed by atoms with Gasteiger partial charge in [0.1, 0.15) is 0 Å². The highest BCUT2D eigenvalue weighted by Crippen LogP contribution is 2.61. The van der Waals surface area contributed by atoms with Gasteiger partial charge in [0.05, 0.1) is 6.10 Å². The molecular formula is C15H24O. The second kappa shape index (κ2) is 4.03. The molecule has 0 aromatic carbocycles. The molecule has 16 heavy (non-hydrogen) atoms. The molecule has 0 saturated heterocycles. The van der Waals surface area contributed by atoms with Crippen LogP contribution in [0.3, 0.4) is 0 Å². The maximum atomic E-state index is 10.3. The van der Waals surface area contributed by atoms with E-state index in [0.29, 0.717) is 17.3 Å². The van der Waals surface area contributed by atoms with Crippen LogP contribution in [-0.2, 0) is 0 Å². The van der Waals surface area contributed by atoms with Crippen molar-refractivity contribution in [3.63, 3.8) is 0 Å². The van der Waals surface area contributed by atoms with Crippen LogP contribution in [0.1, 0.15) is 47.0 Å². The molecule has 0 spiro atoms. The second-order valence-electron chi connectivity index (χ2n) is 6.25. The molecule has 0 unspecified atom stereocenters. The molecule has 3 atom stereocenters. The van der Waals surface area contributed by atoms with E-state index in [0.717, 1.165) is 12.8 Å². The molecule has 1 heteroatoms. The summed E-state index contributed by atoms with van der Waals surface area (Å²) < 4.78 is 0. The first-order chi connectivity index (χ1) is 7.43. The zero-order valence-electron chi connectivity index (χ0n) is 11.0. The summed E-state index contributed by atoms with van der Waals surface area (Å²) in [5.74, 6) is 1.05. The lowest BCUT2D eigenvalue weighted by atomic mass is 9.99. The molecule has 0 bridgehead atoms. The number of fused-ring (bicyclic) bond motifs is 1. The van der Waals surface area contributed by atoms with E-state index >= 15 is 0 Å². The number of allylic oxidation sites excluding steroid dienone is 3. The number of rotatable bonds is 0. The molecule has 0 heterocycles. The van der Waals surface area contributed by atoms with Crippen LogP contribution in [-0.4, -0.2) is 11.2 Å². The van der Waals surface area contributed by atoms with Gasteiger partial charge in [-0.2, -0.15) is 0 Å². The van der Waals surface area contributed by atoms with E-state index in [1.165, 1.54) is 17.6 Å². The average Bonchev–Trinajstić information content (AvgIpc) is 2.67. The van der Waals surface area contributed by atoms with Gasteiger partial charge in [-0.05, 0) is 50.4 Å². The third-order valence-electron chi connectivity index (χ3n) is 4.44. The molecule has 0 aromatic rings.